The minimum atomic E-state index is -4.94. The molecule has 1 aromatic rings. The largest absolute Gasteiger partial charge is 0.222 e. The van der Waals surface area contributed by atoms with E-state index in [1.54, 1.807) is 5.56 Å². The van der Waals surface area contributed by atoms with Crippen molar-refractivity contribution in [2.75, 3.05) is 12.5 Å². The van der Waals surface area contributed by atoms with Crippen LogP contribution in [0.1, 0.15) is 22.3 Å². The summed E-state index contributed by atoms with van der Waals surface area (Å²) in [5.74, 6) is 1.23. The predicted molar refractivity (Wildman–Crippen MR) is 63.6 cm³/mol. The topological polar surface area (TPSA) is 92.2 Å². The first-order chi connectivity index (χ1) is 8.00. The van der Waals surface area contributed by atoms with E-state index < -0.39 is 10.2 Å². The Morgan fingerprint density at radius 1 is 0.944 bits per heavy atom. The summed E-state index contributed by atoms with van der Waals surface area (Å²) < 4.78 is 34.0. The highest BCUT2D eigenvalue weighted by atomic mass is 35.7. The third kappa shape index (κ3) is 8.74. The average Bonchev–Trinajstić information content (AvgIpc) is 2.07. The summed E-state index contributed by atoms with van der Waals surface area (Å²) in [6.45, 7) is 6.62. The molecule has 0 aliphatic carbocycles. The van der Waals surface area contributed by atoms with Crippen LogP contribution in [0.25, 0.3) is 0 Å². The molecule has 6 heteroatoms. The molecule has 0 aromatic heterocycles. The molecule has 18 heavy (non-hydrogen) atoms. The molecule has 0 radical (unpaired) electrons. The van der Waals surface area contributed by atoms with Crippen LogP contribution in [-0.2, 0) is 16.6 Å². The predicted octanol–water partition coefficient (Wildman–Crippen LogP) is -1.77. The molecule has 0 unspecified atom stereocenters. The third-order valence-electron chi connectivity index (χ3n) is 2.27. The molecule has 104 valence electrons. The van der Waals surface area contributed by atoms with Gasteiger partial charge < -0.3 is 0 Å². The van der Waals surface area contributed by atoms with E-state index in [9.17, 15) is 0 Å². The molecule has 1 rings (SSSR count). The Morgan fingerprint density at radius 2 is 1.28 bits per heavy atom. The normalized spacial score (nSPS) is 11.2. The summed E-state index contributed by atoms with van der Waals surface area (Å²) in [5, 5.41) is 0. The van der Waals surface area contributed by atoms with E-state index in [1.807, 2.05) is 0 Å². The summed E-state index contributed by atoms with van der Waals surface area (Å²) in [5.41, 5.74) is 5.85. The first-order valence-electron chi connectivity index (χ1n) is 5.23. The molecule has 0 atom stereocenters. The second-order valence-electron chi connectivity index (χ2n) is 4.39. The van der Waals surface area contributed by atoms with Gasteiger partial charge in [-0.05, 0) is 42.8 Å². The highest BCUT2D eigenvalue weighted by molar-refractivity contribution is 7.94. The van der Waals surface area contributed by atoms with Gasteiger partial charge in [-0.2, -0.15) is 0 Å². The molecule has 0 saturated carbocycles. The van der Waals surface area contributed by atoms with Crippen molar-refractivity contribution in [2.45, 2.75) is 26.5 Å². The van der Waals surface area contributed by atoms with E-state index in [1.165, 1.54) is 22.4 Å². The van der Waals surface area contributed by atoms with Gasteiger partial charge in [0.25, 0.3) is 0 Å². The summed E-state index contributed by atoms with van der Waals surface area (Å²) in [4.78, 5) is 0. The monoisotopic (exact) mass is 294 g/mol. The van der Waals surface area contributed by atoms with Crippen molar-refractivity contribution in [1.82, 2.24) is 0 Å². The van der Waals surface area contributed by atoms with Crippen molar-refractivity contribution in [3.05, 3.63) is 34.4 Å². The van der Waals surface area contributed by atoms with E-state index >= 15 is 0 Å². The number of hydrogen-bond acceptors (Lipinski definition) is 4. The summed E-state index contributed by atoms with van der Waals surface area (Å²) >= 11 is 0. The molecule has 4 nitrogen and oxygen atoms in total. The van der Waals surface area contributed by atoms with Gasteiger partial charge in [-0.1, -0.05) is 17.7 Å². The van der Waals surface area contributed by atoms with Gasteiger partial charge in [0.2, 0.25) is 0 Å². The van der Waals surface area contributed by atoms with Crippen molar-refractivity contribution in [1.29, 1.82) is 0 Å². The van der Waals surface area contributed by atoms with E-state index in [-0.39, 0.29) is 0 Å². The molecular formula is C12H19ClO4S. The number of hydrogen-bond donors (Lipinski definition) is 0. The smallest absolute Gasteiger partial charge is 0.133 e. The zero-order chi connectivity index (χ0) is 14.5. The Labute approximate surface area is 113 Å². The Kier molecular flexibility index (Phi) is 7.21. The Morgan fingerprint density at radius 3 is 1.56 bits per heavy atom. The molecule has 0 bridgehead atoms. The first kappa shape index (κ1) is 17.7. The van der Waals surface area contributed by atoms with Gasteiger partial charge in [0.15, 0.2) is 0 Å². The molecule has 0 heterocycles. The molecule has 0 spiro atoms. The Balaban J connectivity index is 0.000000494. The second kappa shape index (κ2) is 7.33. The fourth-order valence-electron chi connectivity index (χ4n) is 1.73. The zero-order valence-corrected chi connectivity index (χ0v) is 12.9. The van der Waals surface area contributed by atoms with Crippen molar-refractivity contribution in [3.63, 3.8) is 0 Å². The van der Waals surface area contributed by atoms with Crippen LogP contribution in [0.15, 0.2) is 12.1 Å². The maximum absolute atomic E-state index is 8.49. The molecule has 1 aromatic carbocycles. The van der Waals surface area contributed by atoms with E-state index in [2.05, 4.69) is 45.4 Å². The van der Waals surface area contributed by atoms with Crippen molar-refractivity contribution < 1.29 is 28.9 Å². The quantitative estimate of drug-likeness (QED) is 0.604. The molecular weight excluding hydrogens is 276 g/mol. The van der Waals surface area contributed by atoms with Gasteiger partial charge >= 0.3 is 0 Å². The third-order valence-corrected chi connectivity index (χ3v) is 3.14. The van der Waals surface area contributed by atoms with Crippen LogP contribution < -0.4 is 18.6 Å². The van der Waals surface area contributed by atoms with E-state index in [0.29, 0.717) is 10.9 Å². The van der Waals surface area contributed by atoms with Crippen molar-refractivity contribution in [3.8, 4) is 0 Å². The lowest BCUT2D eigenvalue weighted by atomic mass is 10.0. The van der Waals surface area contributed by atoms with E-state index in [4.69, 9.17) is 18.6 Å². The van der Waals surface area contributed by atoms with E-state index in [0.717, 1.165) is 0 Å². The van der Waals surface area contributed by atoms with Crippen molar-refractivity contribution in [2.24, 2.45) is 0 Å². The van der Waals surface area contributed by atoms with Gasteiger partial charge in [0, 0.05) is 5.56 Å². The van der Waals surface area contributed by atoms with Crippen LogP contribution in [0.3, 0.4) is 0 Å². The molecule has 0 amide bonds. The number of rotatable bonds is 2. The van der Waals surface area contributed by atoms with Gasteiger partial charge in [0.1, 0.15) is 5.75 Å². The Bertz CT molecular complexity index is 359. The lowest BCUT2D eigenvalue weighted by Crippen LogP contribution is -2.68. The standard InChI is InChI=1S/C12H19S.ClHO4/c1-9-6-10(2)12(8-13(4)5)11(3)7-9;2-1(3,4)5/h6-7H,8H2,1-5H3;(H,2,3,4,5)/q+1;/p-1. The number of benzene rings is 1. The molecule has 0 fully saturated rings. The van der Waals surface area contributed by atoms with Gasteiger partial charge in [-0.25, -0.2) is 18.6 Å². The number of aryl methyl sites for hydroxylation is 3. The van der Waals surface area contributed by atoms with Gasteiger partial charge in [-0.3, -0.25) is 0 Å². The van der Waals surface area contributed by atoms with Crippen LogP contribution >= 0.6 is 0 Å². The van der Waals surface area contributed by atoms with Crippen LogP contribution in [0.4, 0.5) is 0 Å². The van der Waals surface area contributed by atoms with Gasteiger partial charge in [0.05, 0.1) is 12.5 Å². The molecule has 0 saturated heterocycles. The maximum Gasteiger partial charge on any atom is 0.133 e. The first-order valence-corrected chi connectivity index (χ1v) is 8.68. The summed E-state index contributed by atoms with van der Waals surface area (Å²) in [6, 6.07) is 4.57. The van der Waals surface area contributed by atoms with Crippen LogP contribution in [0.2, 0.25) is 0 Å². The lowest BCUT2D eigenvalue weighted by Gasteiger charge is -2.17. The number of halogens is 1. The molecule has 0 aliphatic heterocycles. The molecule has 0 aliphatic rings. The minimum Gasteiger partial charge on any atom is -0.222 e. The lowest BCUT2D eigenvalue weighted by molar-refractivity contribution is -2.00. The van der Waals surface area contributed by atoms with Gasteiger partial charge in [-0.15, -0.1) is 10.2 Å². The van der Waals surface area contributed by atoms with Crippen molar-refractivity contribution >= 4 is 10.9 Å². The molecule has 0 N–H and O–H groups in total. The highest BCUT2D eigenvalue weighted by Crippen LogP contribution is 2.18. The summed E-state index contributed by atoms with van der Waals surface area (Å²) in [6.07, 6.45) is 4.61. The zero-order valence-electron chi connectivity index (χ0n) is 11.3. The fraction of sp³-hybridized carbons (Fsp3) is 0.500. The fourth-order valence-corrected chi connectivity index (χ4v) is 2.76. The van der Waals surface area contributed by atoms with Crippen LogP contribution in [-0.4, -0.2) is 12.5 Å². The highest BCUT2D eigenvalue weighted by Gasteiger charge is 2.10. The van der Waals surface area contributed by atoms with Crippen LogP contribution in [0, 0.1) is 31.0 Å². The second-order valence-corrected chi connectivity index (χ2v) is 7.40. The SMILES string of the molecule is Cc1cc(C)c(C[S+](C)C)c(C)c1.[O-][Cl+3]([O-])([O-])[O-]. The van der Waals surface area contributed by atoms with Crippen LogP contribution in [0.5, 0.6) is 0 Å². The Hall–Kier alpha value is -0.300. The minimum absolute atomic E-state index is 0.506. The summed E-state index contributed by atoms with van der Waals surface area (Å²) in [7, 11) is -4.44. The average molecular weight is 295 g/mol. The maximum atomic E-state index is 8.49.